The summed E-state index contributed by atoms with van der Waals surface area (Å²) in [6.45, 7) is 10.5. The van der Waals surface area contributed by atoms with Crippen molar-refractivity contribution in [3.8, 4) is 0 Å². The van der Waals surface area contributed by atoms with Crippen molar-refractivity contribution in [2.24, 2.45) is 0 Å². The van der Waals surface area contributed by atoms with E-state index >= 15 is 0 Å². The molecule has 0 spiro atoms. The normalized spacial score (nSPS) is 16.5. The first-order valence-corrected chi connectivity index (χ1v) is 12.2. The van der Waals surface area contributed by atoms with Gasteiger partial charge in [0, 0.05) is 56.8 Å². The Balaban J connectivity index is 1.57. The minimum atomic E-state index is -0.502. The molecule has 2 heterocycles. The maximum atomic E-state index is 13.5. The van der Waals surface area contributed by atoms with Gasteiger partial charge in [-0.25, -0.2) is 0 Å². The van der Waals surface area contributed by atoms with Gasteiger partial charge in [0.1, 0.15) is 11.1 Å². The highest BCUT2D eigenvalue weighted by atomic mass is 16.2. The van der Waals surface area contributed by atoms with Crippen LogP contribution in [0.15, 0.2) is 48.0 Å². The van der Waals surface area contributed by atoms with Gasteiger partial charge in [0.25, 0.3) is 11.8 Å². The number of pyridine rings is 1. The molecule has 7 nitrogen and oxygen atoms in total. The zero-order chi connectivity index (χ0) is 24.2. The van der Waals surface area contributed by atoms with Gasteiger partial charge in [0.05, 0.1) is 0 Å². The summed E-state index contributed by atoms with van der Waals surface area (Å²) in [5.74, 6) is -0.763. The molecule has 2 amide bonds. The van der Waals surface area contributed by atoms with Gasteiger partial charge in [-0.05, 0) is 38.3 Å². The minimum Gasteiger partial charge on any atom is -0.368 e. The van der Waals surface area contributed by atoms with Crippen LogP contribution in [0.3, 0.4) is 0 Å². The molecule has 1 aliphatic carbocycles. The van der Waals surface area contributed by atoms with Crippen LogP contribution >= 0.6 is 0 Å². The highest BCUT2D eigenvalue weighted by Crippen LogP contribution is 2.29. The lowest BCUT2D eigenvalue weighted by Gasteiger charge is -2.37. The molecular weight excluding hydrogens is 428 g/mol. The van der Waals surface area contributed by atoms with Crippen LogP contribution < -0.4 is 15.6 Å². The van der Waals surface area contributed by atoms with Crippen LogP contribution in [0, 0.1) is 13.8 Å². The van der Waals surface area contributed by atoms with Crippen LogP contribution in [0.2, 0.25) is 0 Å². The van der Waals surface area contributed by atoms with E-state index in [0.29, 0.717) is 26.2 Å². The summed E-state index contributed by atoms with van der Waals surface area (Å²) >= 11 is 0. The van der Waals surface area contributed by atoms with E-state index in [1.54, 1.807) is 23.4 Å². The number of nitrogens with one attached hydrogen (secondary N) is 1. The summed E-state index contributed by atoms with van der Waals surface area (Å²) in [5, 5.41) is 2.68. The summed E-state index contributed by atoms with van der Waals surface area (Å²) in [7, 11) is 0. The van der Waals surface area contributed by atoms with E-state index in [1.807, 2.05) is 4.57 Å². The third-order valence-corrected chi connectivity index (χ3v) is 6.93. The first-order chi connectivity index (χ1) is 16.4. The van der Waals surface area contributed by atoms with Gasteiger partial charge in [0.15, 0.2) is 0 Å². The molecule has 1 aliphatic heterocycles. The largest absolute Gasteiger partial charge is 0.368 e. The predicted molar refractivity (Wildman–Crippen MR) is 135 cm³/mol. The molecule has 1 saturated carbocycles. The monoisotopic (exact) mass is 462 g/mol. The lowest BCUT2D eigenvalue weighted by molar-refractivity contribution is 0.0744. The summed E-state index contributed by atoms with van der Waals surface area (Å²) in [6.07, 6.45) is 9.04. The first-order valence-electron chi connectivity index (χ1n) is 12.2. The SMILES string of the molecule is C=CCNC(=O)c1cn(C2CCCC2)cc(C(=O)N2CCN(c3ccc(C)cc3C)CC2)c1=O. The molecule has 4 rings (SSSR count). The Labute approximate surface area is 201 Å². The molecule has 0 bridgehead atoms. The van der Waals surface area contributed by atoms with Crippen LogP contribution in [0.1, 0.15) is 63.6 Å². The topological polar surface area (TPSA) is 74.7 Å². The molecule has 0 atom stereocenters. The number of carbonyl (C=O) groups excluding carboxylic acids is 2. The van der Waals surface area contributed by atoms with Crippen molar-refractivity contribution in [3.05, 3.63) is 75.7 Å². The van der Waals surface area contributed by atoms with Crippen LogP contribution in [-0.2, 0) is 0 Å². The van der Waals surface area contributed by atoms with Crippen molar-refractivity contribution >= 4 is 17.5 Å². The number of rotatable bonds is 6. The quantitative estimate of drug-likeness (QED) is 0.668. The lowest BCUT2D eigenvalue weighted by Crippen LogP contribution is -2.50. The Morgan fingerprint density at radius 1 is 1.06 bits per heavy atom. The second-order valence-corrected chi connectivity index (χ2v) is 9.37. The fourth-order valence-electron chi connectivity index (χ4n) is 5.07. The van der Waals surface area contributed by atoms with E-state index in [4.69, 9.17) is 0 Å². The van der Waals surface area contributed by atoms with Gasteiger partial charge >= 0.3 is 0 Å². The van der Waals surface area contributed by atoms with Crippen molar-refractivity contribution in [2.75, 3.05) is 37.6 Å². The van der Waals surface area contributed by atoms with Crippen molar-refractivity contribution in [2.45, 2.75) is 45.6 Å². The van der Waals surface area contributed by atoms with Gasteiger partial charge in [0.2, 0.25) is 5.43 Å². The van der Waals surface area contributed by atoms with E-state index in [2.05, 4.69) is 48.8 Å². The molecule has 0 radical (unpaired) electrons. The molecule has 7 heteroatoms. The average molecular weight is 463 g/mol. The summed E-state index contributed by atoms with van der Waals surface area (Å²) in [6, 6.07) is 6.61. The molecule has 0 unspecified atom stereocenters. The second-order valence-electron chi connectivity index (χ2n) is 9.37. The number of carbonyl (C=O) groups is 2. The maximum Gasteiger partial charge on any atom is 0.259 e. The van der Waals surface area contributed by atoms with Crippen LogP contribution in [-0.4, -0.2) is 54.0 Å². The lowest BCUT2D eigenvalue weighted by atomic mass is 10.1. The van der Waals surface area contributed by atoms with Gasteiger partial charge in [-0.15, -0.1) is 6.58 Å². The predicted octanol–water partition coefficient (Wildman–Crippen LogP) is 3.46. The van der Waals surface area contributed by atoms with Gasteiger partial charge < -0.3 is 19.7 Å². The average Bonchev–Trinajstić information content (AvgIpc) is 3.37. The van der Waals surface area contributed by atoms with Gasteiger partial charge in [-0.2, -0.15) is 0 Å². The van der Waals surface area contributed by atoms with E-state index < -0.39 is 11.3 Å². The van der Waals surface area contributed by atoms with Crippen LogP contribution in [0.4, 0.5) is 5.69 Å². The fraction of sp³-hybridized carbons (Fsp3) is 0.444. The van der Waals surface area contributed by atoms with Gasteiger partial charge in [-0.3, -0.25) is 14.4 Å². The molecule has 1 N–H and O–H groups in total. The number of aromatic nitrogens is 1. The Morgan fingerprint density at radius 2 is 1.74 bits per heavy atom. The Hall–Kier alpha value is -3.35. The zero-order valence-corrected chi connectivity index (χ0v) is 20.2. The van der Waals surface area contributed by atoms with E-state index in [1.165, 1.54) is 16.8 Å². The standard InChI is InChI=1S/C27H34N4O3/c1-4-11-28-26(33)22-17-31(21-7-5-6-8-21)18-23(25(22)32)27(34)30-14-12-29(13-15-30)24-10-9-19(2)16-20(24)3/h4,9-10,16-18,21H,1,5-8,11-15H2,2-3H3,(H,28,33). The highest BCUT2D eigenvalue weighted by Gasteiger charge is 2.28. The highest BCUT2D eigenvalue weighted by molar-refractivity contribution is 5.99. The molecule has 2 aliphatic rings. The van der Waals surface area contributed by atoms with Crippen molar-refractivity contribution < 1.29 is 9.59 Å². The molecular formula is C27H34N4O3. The molecule has 1 saturated heterocycles. The third kappa shape index (κ3) is 4.93. The second kappa shape index (κ2) is 10.3. The maximum absolute atomic E-state index is 13.5. The Kier molecular flexibility index (Phi) is 7.20. The van der Waals surface area contributed by atoms with Crippen LogP contribution in [0.5, 0.6) is 0 Å². The number of aryl methyl sites for hydroxylation is 2. The Morgan fingerprint density at radius 3 is 2.38 bits per heavy atom. The zero-order valence-electron chi connectivity index (χ0n) is 20.2. The van der Waals surface area contributed by atoms with E-state index in [0.717, 1.165) is 25.7 Å². The number of piperazine rings is 1. The molecule has 2 aromatic rings. The summed E-state index contributed by atoms with van der Waals surface area (Å²) in [4.78, 5) is 43.4. The van der Waals surface area contributed by atoms with Crippen molar-refractivity contribution in [1.82, 2.24) is 14.8 Å². The van der Waals surface area contributed by atoms with E-state index in [9.17, 15) is 14.4 Å². The summed E-state index contributed by atoms with van der Waals surface area (Å²) < 4.78 is 1.91. The van der Waals surface area contributed by atoms with Crippen molar-refractivity contribution in [3.63, 3.8) is 0 Å². The number of benzene rings is 1. The molecule has 2 fully saturated rings. The van der Waals surface area contributed by atoms with Gasteiger partial charge in [-0.1, -0.05) is 36.6 Å². The number of hydrogen-bond acceptors (Lipinski definition) is 4. The van der Waals surface area contributed by atoms with Crippen molar-refractivity contribution in [1.29, 1.82) is 0 Å². The Bertz CT molecular complexity index is 1140. The molecule has 1 aromatic heterocycles. The first kappa shape index (κ1) is 23.8. The number of nitrogens with zero attached hydrogens (tertiary/aromatic N) is 3. The number of anilines is 1. The number of amides is 2. The fourth-order valence-corrected chi connectivity index (χ4v) is 5.07. The molecule has 1 aromatic carbocycles. The minimum absolute atomic E-state index is 0.0218. The van der Waals surface area contributed by atoms with E-state index in [-0.39, 0.29) is 29.6 Å². The smallest absolute Gasteiger partial charge is 0.259 e. The third-order valence-electron chi connectivity index (χ3n) is 6.93. The molecule has 34 heavy (non-hydrogen) atoms. The molecule has 180 valence electrons. The summed E-state index contributed by atoms with van der Waals surface area (Å²) in [5.41, 5.74) is 3.23. The van der Waals surface area contributed by atoms with Crippen LogP contribution in [0.25, 0.3) is 0 Å². The number of hydrogen-bond donors (Lipinski definition) is 1.